The molecule has 7 rings (SSSR count). The van der Waals surface area contributed by atoms with Gasteiger partial charge in [0, 0.05) is 11.1 Å². The predicted molar refractivity (Wildman–Crippen MR) is 154 cm³/mol. The first-order valence-corrected chi connectivity index (χ1v) is 12.9. The number of hydrogen-bond acceptors (Lipinski definition) is 6. The van der Waals surface area contributed by atoms with Crippen LogP contribution in [-0.4, -0.2) is 35.4 Å². The van der Waals surface area contributed by atoms with Gasteiger partial charge in [-0.25, -0.2) is 18.7 Å². The Morgan fingerprint density at radius 3 is 2.22 bits per heavy atom. The van der Waals surface area contributed by atoms with E-state index in [1.54, 1.807) is 18.2 Å². The van der Waals surface area contributed by atoms with Crippen LogP contribution in [0.5, 0.6) is 0 Å². The van der Waals surface area contributed by atoms with Crippen LogP contribution in [0.15, 0.2) is 108 Å². The van der Waals surface area contributed by atoms with E-state index in [0.717, 1.165) is 17.7 Å². The SMILES string of the molecule is [B]c1ccc2c(c1)C(=O)/C(=C/C=C1/N(c3c(F)cccc3F)c3nc4ccccc4nc3N1C1C=CC=C1C)C2=O. The van der Waals surface area contributed by atoms with Crippen molar-refractivity contribution >= 4 is 53.2 Å². The fraction of sp³-hybridized carbons (Fsp3) is 0.0625. The summed E-state index contributed by atoms with van der Waals surface area (Å²) in [6, 6.07) is 15.0. The summed E-state index contributed by atoms with van der Waals surface area (Å²) < 4.78 is 30.8. The van der Waals surface area contributed by atoms with Crippen LogP contribution in [0.1, 0.15) is 27.6 Å². The third kappa shape index (κ3) is 3.77. The van der Waals surface area contributed by atoms with Gasteiger partial charge in [-0.15, -0.1) is 0 Å². The van der Waals surface area contributed by atoms with Gasteiger partial charge in [0.25, 0.3) is 0 Å². The van der Waals surface area contributed by atoms with Gasteiger partial charge in [0.15, 0.2) is 23.2 Å². The quantitative estimate of drug-likeness (QED) is 0.197. The summed E-state index contributed by atoms with van der Waals surface area (Å²) in [7, 11) is 5.86. The minimum absolute atomic E-state index is 0.0803. The molecule has 1 unspecified atom stereocenters. The monoisotopic (exact) mass is 540 g/mol. The largest absolute Gasteiger partial charge is 0.298 e. The smallest absolute Gasteiger partial charge is 0.197 e. The molecule has 0 saturated heterocycles. The third-order valence-electron chi connectivity index (χ3n) is 7.43. The summed E-state index contributed by atoms with van der Waals surface area (Å²) in [4.78, 5) is 39.2. The molecule has 3 aliphatic rings. The van der Waals surface area contributed by atoms with Crippen LogP contribution in [0.2, 0.25) is 0 Å². The number of carbonyl (C=O) groups excluding carboxylic acids is 2. The fourth-order valence-electron chi connectivity index (χ4n) is 5.47. The Kier molecular flexibility index (Phi) is 5.57. The maximum Gasteiger partial charge on any atom is 0.197 e. The lowest BCUT2D eigenvalue weighted by atomic mass is 9.93. The number of allylic oxidation sites excluding steroid dienone is 5. The first kappa shape index (κ1) is 24.8. The van der Waals surface area contributed by atoms with E-state index >= 15 is 8.78 Å². The summed E-state index contributed by atoms with van der Waals surface area (Å²) in [5, 5.41) is 0. The van der Waals surface area contributed by atoms with Crippen molar-refractivity contribution in [2.45, 2.75) is 13.0 Å². The number of anilines is 3. The average Bonchev–Trinajstić information content (AvgIpc) is 3.58. The van der Waals surface area contributed by atoms with E-state index in [4.69, 9.17) is 17.8 Å². The van der Waals surface area contributed by atoms with Gasteiger partial charge in [-0.1, -0.05) is 60.1 Å². The van der Waals surface area contributed by atoms with E-state index in [-0.39, 0.29) is 40.1 Å². The Balaban J connectivity index is 1.49. The van der Waals surface area contributed by atoms with Gasteiger partial charge in [-0.2, -0.15) is 0 Å². The number of benzene rings is 3. The number of aromatic nitrogens is 2. The van der Waals surface area contributed by atoms with Gasteiger partial charge < -0.3 is 0 Å². The lowest BCUT2D eigenvalue weighted by Gasteiger charge is -2.29. The van der Waals surface area contributed by atoms with Gasteiger partial charge in [-0.05, 0) is 48.9 Å². The van der Waals surface area contributed by atoms with Crippen LogP contribution in [0.25, 0.3) is 11.0 Å². The Morgan fingerprint density at radius 1 is 0.854 bits per heavy atom. The summed E-state index contributed by atoms with van der Waals surface area (Å²) in [5.41, 5.74) is 2.50. The van der Waals surface area contributed by atoms with Crippen LogP contribution in [0.3, 0.4) is 0 Å². The van der Waals surface area contributed by atoms with Crippen molar-refractivity contribution in [1.82, 2.24) is 9.97 Å². The van der Waals surface area contributed by atoms with Crippen molar-refractivity contribution in [3.8, 4) is 0 Å². The molecule has 1 aliphatic heterocycles. The average molecular weight is 540 g/mol. The molecule has 0 bridgehead atoms. The zero-order valence-corrected chi connectivity index (χ0v) is 21.7. The van der Waals surface area contributed by atoms with Crippen molar-refractivity contribution < 1.29 is 18.4 Å². The van der Waals surface area contributed by atoms with Crippen molar-refractivity contribution in [3.63, 3.8) is 0 Å². The number of fused-ring (bicyclic) bond motifs is 3. The summed E-state index contributed by atoms with van der Waals surface area (Å²) >= 11 is 0. The lowest BCUT2D eigenvalue weighted by molar-refractivity contribution is 0.0988. The molecule has 0 amide bonds. The number of nitrogens with zero attached hydrogens (tertiary/aromatic N) is 4. The second-order valence-corrected chi connectivity index (χ2v) is 9.94. The van der Waals surface area contributed by atoms with Crippen LogP contribution < -0.4 is 15.3 Å². The molecule has 0 spiro atoms. The van der Waals surface area contributed by atoms with Gasteiger partial charge in [0.2, 0.25) is 0 Å². The zero-order chi connectivity index (χ0) is 28.4. The first-order chi connectivity index (χ1) is 19.8. The lowest BCUT2D eigenvalue weighted by Crippen LogP contribution is -2.35. The van der Waals surface area contributed by atoms with E-state index in [1.807, 2.05) is 42.2 Å². The highest BCUT2D eigenvalue weighted by molar-refractivity contribution is 6.41. The maximum absolute atomic E-state index is 15.4. The van der Waals surface area contributed by atoms with Gasteiger partial charge in [-0.3, -0.25) is 19.4 Å². The minimum atomic E-state index is -0.809. The highest BCUT2D eigenvalue weighted by Gasteiger charge is 2.42. The molecule has 6 nitrogen and oxygen atoms in total. The highest BCUT2D eigenvalue weighted by atomic mass is 19.1. The van der Waals surface area contributed by atoms with Gasteiger partial charge in [0.1, 0.15) is 31.0 Å². The number of para-hydroxylation sites is 3. The molecule has 9 heteroatoms. The predicted octanol–water partition coefficient (Wildman–Crippen LogP) is 5.39. The molecule has 1 atom stereocenters. The van der Waals surface area contributed by atoms with Gasteiger partial charge >= 0.3 is 0 Å². The van der Waals surface area contributed by atoms with Crippen molar-refractivity contribution in [1.29, 1.82) is 0 Å². The summed E-state index contributed by atoms with van der Waals surface area (Å²) in [6.45, 7) is 1.94. The molecule has 41 heavy (non-hydrogen) atoms. The molecular weight excluding hydrogens is 521 g/mol. The minimum Gasteiger partial charge on any atom is -0.298 e. The van der Waals surface area contributed by atoms with Crippen LogP contribution in [-0.2, 0) is 0 Å². The van der Waals surface area contributed by atoms with Gasteiger partial charge in [0.05, 0.1) is 22.6 Å². The van der Waals surface area contributed by atoms with Crippen LogP contribution in [0, 0.1) is 11.6 Å². The number of halogens is 2. The molecule has 3 aromatic carbocycles. The molecule has 0 fully saturated rings. The Hall–Kier alpha value is -5.18. The molecule has 196 valence electrons. The molecule has 2 heterocycles. The number of ketones is 2. The molecule has 0 saturated carbocycles. The Bertz CT molecular complexity index is 1940. The normalized spacial score (nSPS) is 19.6. The zero-order valence-electron chi connectivity index (χ0n) is 21.7. The highest BCUT2D eigenvalue weighted by Crippen LogP contribution is 2.48. The molecule has 0 N–H and O–H groups in total. The Morgan fingerprint density at radius 2 is 1.54 bits per heavy atom. The van der Waals surface area contributed by atoms with E-state index in [9.17, 15) is 9.59 Å². The third-order valence-corrected chi connectivity index (χ3v) is 7.43. The number of rotatable bonds is 3. The molecule has 2 aliphatic carbocycles. The van der Waals surface area contributed by atoms with Crippen molar-refractivity contribution in [2.75, 3.05) is 9.80 Å². The van der Waals surface area contributed by atoms with Crippen molar-refractivity contribution in [2.24, 2.45) is 0 Å². The molecular formula is C32H19BF2N4O2. The first-order valence-electron chi connectivity index (χ1n) is 12.9. The standard InChI is InChI=1S/C32H19BF2N4O2/c1-17-6-4-11-26(17)38-27(15-14-20-29(40)19-13-12-18(33)16-21(19)30(20)41)39(28-22(34)7-5-8-23(28)35)32-31(38)36-24-9-2-3-10-25(24)37-32/h2-16,26H,1H3/b20-14+,27-15+. The topological polar surface area (TPSA) is 66.4 Å². The van der Waals surface area contributed by atoms with Crippen LogP contribution >= 0.6 is 0 Å². The summed E-state index contributed by atoms with van der Waals surface area (Å²) in [6.07, 6.45) is 8.66. The Labute approximate surface area is 235 Å². The van der Waals surface area contributed by atoms with E-state index in [2.05, 4.69) is 0 Å². The van der Waals surface area contributed by atoms with E-state index < -0.39 is 23.2 Å². The van der Waals surface area contributed by atoms with E-state index in [0.29, 0.717) is 22.3 Å². The van der Waals surface area contributed by atoms with Crippen LogP contribution in [0.4, 0.5) is 26.1 Å². The van der Waals surface area contributed by atoms with Crippen molar-refractivity contribution in [3.05, 3.63) is 131 Å². The second kappa shape index (κ2) is 9.20. The summed E-state index contributed by atoms with van der Waals surface area (Å²) in [5.74, 6) is -1.68. The number of Topliss-reactive ketones (excluding diaryl/α,β-unsaturated/α-hetero) is 2. The van der Waals surface area contributed by atoms with E-state index in [1.165, 1.54) is 35.3 Å². The molecule has 2 radical (unpaired) electrons. The number of hydrogen-bond donors (Lipinski definition) is 0. The molecule has 1 aromatic heterocycles. The fourth-order valence-corrected chi connectivity index (χ4v) is 5.47. The second-order valence-electron chi connectivity index (χ2n) is 9.94. The maximum atomic E-state index is 15.4. The molecule has 4 aromatic rings. The number of carbonyl (C=O) groups is 2.